The molecule has 4 atom stereocenters. The Morgan fingerprint density at radius 1 is 0.714 bits per heavy atom. The van der Waals surface area contributed by atoms with E-state index >= 15 is 0 Å². The summed E-state index contributed by atoms with van der Waals surface area (Å²) in [4.78, 5) is 135. The normalized spacial score (nSPS) is 19.6. The van der Waals surface area contributed by atoms with E-state index in [0.717, 1.165) is 27.7 Å². The second kappa shape index (κ2) is 23.0. The lowest BCUT2D eigenvalue weighted by Gasteiger charge is -2.45. The number of rotatable bonds is 22. The summed E-state index contributed by atoms with van der Waals surface area (Å²) in [6, 6.07) is -3.01. The molecule has 0 radical (unpaired) electrons. The van der Waals surface area contributed by atoms with Crippen LogP contribution in [0.25, 0.3) is 0 Å². The first-order chi connectivity index (χ1) is 26.1. The first-order valence-corrected chi connectivity index (χ1v) is 17.4. The van der Waals surface area contributed by atoms with Crippen molar-refractivity contribution in [3.63, 3.8) is 0 Å². The number of carboxylic acids is 1. The van der Waals surface area contributed by atoms with Crippen LogP contribution in [0.3, 0.4) is 0 Å². The summed E-state index contributed by atoms with van der Waals surface area (Å²) in [5.41, 5.74) is 3.26. The van der Waals surface area contributed by atoms with E-state index in [2.05, 4.69) is 33.2 Å². The van der Waals surface area contributed by atoms with Crippen molar-refractivity contribution in [2.45, 2.75) is 116 Å². The molecule has 0 unspecified atom stereocenters. The molecule has 1 aliphatic rings. The zero-order valence-corrected chi connectivity index (χ0v) is 31.8. The van der Waals surface area contributed by atoms with Gasteiger partial charge in [-0.2, -0.15) is 0 Å². The third-order valence-electron chi connectivity index (χ3n) is 7.90. The summed E-state index contributed by atoms with van der Waals surface area (Å²) < 4.78 is 21.4. The van der Waals surface area contributed by atoms with E-state index in [1.54, 1.807) is 0 Å². The number of hydrogen-bond acceptors (Lipinski definition) is 15. The molecular formula is C34H50N6O16. The molecular weight excluding hydrogens is 748 g/mol. The highest BCUT2D eigenvalue weighted by Crippen LogP contribution is 2.38. The van der Waals surface area contributed by atoms with Crippen molar-refractivity contribution in [3.05, 3.63) is 12.2 Å². The first kappa shape index (κ1) is 47.9. The van der Waals surface area contributed by atoms with E-state index in [9.17, 15) is 52.7 Å². The number of aliphatic carboxylic acids is 1. The van der Waals surface area contributed by atoms with Crippen molar-refractivity contribution in [1.82, 2.24) is 26.6 Å². The van der Waals surface area contributed by atoms with Gasteiger partial charge in [0.25, 0.3) is 5.91 Å². The topological polar surface area (TPSA) is 331 Å². The van der Waals surface area contributed by atoms with E-state index in [1.807, 2.05) is 0 Å². The number of esters is 4. The van der Waals surface area contributed by atoms with Gasteiger partial charge in [0.1, 0.15) is 24.3 Å². The van der Waals surface area contributed by atoms with E-state index in [-0.39, 0.29) is 37.9 Å². The zero-order valence-electron chi connectivity index (χ0n) is 31.8. The van der Waals surface area contributed by atoms with Crippen molar-refractivity contribution in [3.8, 4) is 0 Å². The third-order valence-corrected chi connectivity index (χ3v) is 7.90. The summed E-state index contributed by atoms with van der Waals surface area (Å²) in [5, 5.41) is 21.0. The Morgan fingerprint density at radius 2 is 1.25 bits per heavy atom. The quantitative estimate of drug-likeness (QED) is 0.0253. The van der Waals surface area contributed by atoms with Gasteiger partial charge in [0.2, 0.25) is 29.5 Å². The van der Waals surface area contributed by atoms with Crippen LogP contribution in [0.1, 0.15) is 79.6 Å². The lowest BCUT2D eigenvalue weighted by atomic mass is 9.78. The number of hydrogen-bond donors (Lipinski definition) is 7. The Hall–Kier alpha value is -6.09. The minimum absolute atomic E-state index is 0.0228. The number of ether oxygens (including phenoxy) is 4. The van der Waals surface area contributed by atoms with Crippen molar-refractivity contribution < 1.29 is 76.8 Å². The number of primary amides is 1. The van der Waals surface area contributed by atoms with Crippen LogP contribution >= 0.6 is 0 Å². The van der Waals surface area contributed by atoms with Gasteiger partial charge in [0, 0.05) is 59.1 Å². The Morgan fingerprint density at radius 3 is 1.73 bits per heavy atom. The molecule has 312 valence electrons. The smallest absolute Gasteiger partial charge is 0.303 e. The standard InChI is InChI=1S/C34H50N6O16/c1-17(2)31(50)38-16-27(46)37-15-26(45)36-12-8-7-9-23(32(51)39-22(30(35)49)10-11-28(47)48)40-33(52)34(56-21(6)44)13-24(53-18(3)41)29(55-20(5)43)25(14-34)54-19(4)42/h22-25,29H,1,7-16H2,2-6H3,(H2,35,49)(H,36,45)(H,37,46)(H,38,50)(H,39,51)(H,40,52)(H,47,48)/t22-,23-,24-,25-,29?,34?/m0/s1. The van der Waals surface area contributed by atoms with Crippen LogP contribution in [-0.2, 0) is 71.7 Å². The molecule has 56 heavy (non-hydrogen) atoms. The predicted octanol–water partition coefficient (Wildman–Crippen LogP) is -2.71. The average molecular weight is 799 g/mol. The first-order valence-electron chi connectivity index (χ1n) is 17.4. The summed E-state index contributed by atoms with van der Waals surface area (Å²) in [7, 11) is 0. The highest BCUT2D eigenvalue weighted by atomic mass is 16.6. The van der Waals surface area contributed by atoms with Crippen LogP contribution < -0.4 is 32.3 Å². The van der Waals surface area contributed by atoms with Crippen LogP contribution in [-0.4, -0.2) is 126 Å². The van der Waals surface area contributed by atoms with Crippen LogP contribution in [0.5, 0.6) is 0 Å². The van der Waals surface area contributed by atoms with Crippen molar-refractivity contribution in [1.29, 1.82) is 0 Å². The van der Waals surface area contributed by atoms with E-state index in [1.165, 1.54) is 6.92 Å². The molecule has 0 aliphatic heterocycles. The molecule has 0 saturated heterocycles. The van der Waals surface area contributed by atoms with Gasteiger partial charge < -0.3 is 56.4 Å². The van der Waals surface area contributed by atoms with Crippen LogP contribution in [0.2, 0.25) is 0 Å². The van der Waals surface area contributed by atoms with Gasteiger partial charge in [-0.15, -0.1) is 0 Å². The number of amides is 6. The second-order valence-electron chi connectivity index (χ2n) is 12.9. The molecule has 6 amide bonds. The molecule has 0 heterocycles. The number of carboxylic acid groups (broad SMARTS) is 1. The van der Waals surface area contributed by atoms with Gasteiger partial charge in [0.15, 0.2) is 11.7 Å². The number of carbonyl (C=O) groups is 11. The minimum atomic E-state index is -2.31. The fraction of sp³-hybridized carbons (Fsp3) is 0.618. The lowest BCUT2D eigenvalue weighted by Crippen LogP contribution is -2.64. The molecule has 1 aliphatic carbocycles. The Kier molecular flexibility index (Phi) is 19.7. The van der Waals surface area contributed by atoms with Gasteiger partial charge in [0.05, 0.1) is 13.1 Å². The van der Waals surface area contributed by atoms with Crippen LogP contribution in [0, 0.1) is 0 Å². The molecule has 22 nitrogen and oxygen atoms in total. The monoisotopic (exact) mass is 798 g/mol. The molecule has 0 aromatic carbocycles. The number of unbranched alkanes of at least 4 members (excludes halogenated alkanes) is 1. The maximum Gasteiger partial charge on any atom is 0.303 e. The number of nitrogens with one attached hydrogen (secondary N) is 5. The van der Waals surface area contributed by atoms with Gasteiger partial charge in [-0.3, -0.25) is 52.7 Å². The second-order valence-corrected chi connectivity index (χ2v) is 12.9. The van der Waals surface area contributed by atoms with Crippen LogP contribution in [0.4, 0.5) is 0 Å². The van der Waals surface area contributed by atoms with E-state index in [0.29, 0.717) is 0 Å². The highest BCUT2D eigenvalue weighted by Gasteiger charge is 2.57. The van der Waals surface area contributed by atoms with Gasteiger partial charge in [-0.25, -0.2) is 0 Å². The van der Waals surface area contributed by atoms with Crippen molar-refractivity contribution in [2.75, 3.05) is 19.6 Å². The van der Waals surface area contributed by atoms with Crippen molar-refractivity contribution >= 4 is 65.3 Å². The summed E-state index contributed by atoms with van der Waals surface area (Å²) in [6.45, 7) is 8.12. The molecule has 0 aromatic heterocycles. The maximum absolute atomic E-state index is 14.2. The fourth-order valence-electron chi connectivity index (χ4n) is 5.48. The fourth-order valence-corrected chi connectivity index (χ4v) is 5.48. The SMILES string of the molecule is C=C(C)C(=O)NCC(=O)NCC(=O)NCCCC[C@H](NC(=O)C1(OC(C)=O)C[C@H](OC(C)=O)C(OC(C)=O)[C@@H](OC(C)=O)C1)C(=O)N[C@@H](CCC(=O)O)C(N)=O. The molecule has 0 aromatic rings. The van der Waals surface area contributed by atoms with Crippen molar-refractivity contribution in [2.24, 2.45) is 5.73 Å². The molecule has 8 N–H and O–H groups in total. The maximum atomic E-state index is 14.2. The van der Waals surface area contributed by atoms with E-state index < -0.39 is 134 Å². The molecule has 0 spiro atoms. The molecule has 1 rings (SSSR count). The summed E-state index contributed by atoms with van der Waals surface area (Å²) >= 11 is 0. The van der Waals surface area contributed by atoms with Gasteiger partial charge in [-0.05, 0) is 32.6 Å². The number of carbonyl (C=O) groups excluding carboxylic acids is 10. The average Bonchev–Trinajstić information content (AvgIpc) is 3.07. The molecule has 22 heteroatoms. The van der Waals surface area contributed by atoms with E-state index in [4.69, 9.17) is 29.8 Å². The largest absolute Gasteiger partial charge is 0.481 e. The molecule has 1 saturated carbocycles. The summed E-state index contributed by atoms with van der Waals surface area (Å²) in [5.74, 6) is -9.95. The lowest BCUT2D eigenvalue weighted by molar-refractivity contribution is -0.215. The van der Waals surface area contributed by atoms with Gasteiger partial charge >= 0.3 is 29.8 Å². The Balaban J connectivity index is 3.29. The Bertz CT molecular complexity index is 1520. The van der Waals surface area contributed by atoms with Crippen LogP contribution in [0.15, 0.2) is 12.2 Å². The van der Waals surface area contributed by atoms with Gasteiger partial charge in [-0.1, -0.05) is 6.58 Å². The predicted molar refractivity (Wildman–Crippen MR) is 188 cm³/mol. The third kappa shape index (κ3) is 17.4. The molecule has 0 bridgehead atoms. The molecule has 1 fully saturated rings. The highest BCUT2D eigenvalue weighted by molar-refractivity contribution is 5.96. The zero-order chi connectivity index (χ0) is 42.7. The summed E-state index contributed by atoms with van der Waals surface area (Å²) in [6.07, 6.45) is -6.57. The Labute approximate surface area is 321 Å². The minimum Gasteiger partial charge on any atom is -0.481 e. The number of nitrogens with two attached hydrogens (primary N) is 1.